The SMILES string of the molecule is O=C(NC1N=C(c2c(Cl)cc(Cl)cc2Cl)c2ccccc2NC1=O)c1cc(F)cnc1OCc1ccc(C(F)(F)F)nc1. The second-order valence-electron chi connectivity index (χ2n) is 8.98. The second kappa shape index (κ2) is 12.2. The van der Waals surface area contributed by atoms with Crippen molar-refractivity contribution in [1.29, 1.82) is 0 Å². The van der Waals surface area contributed by atoms with E-state index in [2.05, 4.69) is 25.6 Å². The van der Waals surface area contributed by atoms with Gasteiger partial charge in [-0.05, 0) is 30.3 Å². The van der Waals surface area contributed by atoms with E-state index in [1.165, 1.54) is 12.1 Å². The topological polar surface area (TPSA) is 106 Å². The molecule has 4 aromatic rings. The number of aliphatic imine (C=N–C) groups is 1. The van der Waals surface area contributed by atoms with Crippen molar-refractivity contribution in [3.8, 4) is 5.88 Å². The van der Waals surface area contributed by atoms with Gasteiger partial charge in [0.25, 0.3) is 11.8 Å². The molecule has 2 amide bonds. The molecular formula is C28H16Cl3F4N5O3. The van der Waals surface area contributed by atoms with Gasteiger partial charge in [0.05, 0.1) is 27.6 Å². The van der Waals surface area contributed by atoms with Crippen LogP contribution in [0.4, 0.5) is 23.2 Å². The number of nitrogens with zero attached hydrogens (tertiary/aromatic N) is 3. The number of amides is 2. The van der Waals surface area contributed by atoms with Gasteiger partial charge >= 0.3 is 6.18 Å². The zero-order valence-electron chi connectivity index (χ0n) is 21.3. The van der Waals surface area contributed by atoms with Crippen molar-refractivity contribution < 1.29 is 31.9 Å². The number of anilines is 1. The number of alkyl halides is 3. The Morgan fingerprint density at radius 3 is 2.40 bits per heavy atom. The number of hydrogen-bond acceptors (Lipinski definition) is 6. The average Bonchev–Trinajstić information content (AvgIpc) is 3.07. The van der Waals surface area contributed by atoms with E-state index in [9.17, 15) is 27.2 Å². The Hall–Kier alpha value is -4.26. The first-order chi connectivity index (χ1) is 20.4. The summed E-state index contributed by atoms with van der Waals surface area (Å²) in [5, 5.41) is 5.63. The first-order valence-corrected chi connectivity index (χ1v) is 13.3. The Morgan fingerprint density at radius 2 is 1.72 bits per heavy atom. The van der Waals surface area contributed by atoms with E-state index >= 15 is 0 Å². The Balaban J connectivity index is 1.45. The highest BCUT2D eigenvalue weighted by Gasteiger charge is 2.32. The Kier molecular flexibility index (Phi) is 8.54. The van der Waals surface area contributed by atoms with Gasteiger partial charge in [-0.2, -0.15) is 13.2 Å². The highest BCUT2D eigenvalue weighted by Crippen LogP contribution is 2.34. The lowest BCUT2D eigenvalue weighted by Crippen LogP contribution is -2.42. The molecule has 2 aromatic carbocycles. The number of rotatable bonds is 6. The summed E-state index contributed by atoms with van der Waals surface area (Å²) in [5.41, 5.74) is -0.0775. The molecule has 8 nitrogen and oxygen atoms in total. The highest BCUT2D eigenvalue weighted by atomic mass is 35.5. The minimum atomic E-state index is -4.62. The third kappa shape index (κ3) is 6.71. The quantitative estimate of drug-likeness (QED) is 0.225. The van der Waals surface area contributed by atoms with Crippen molar-refractivity contribution in [2.75, 3.05) is 5.32 Å². The fourth-order valence-corrected chi connectivity index (χ4v) is 5.05. The van der Waals surface area contributed by atoms with Gasteiger partial charge in [-0.25, -0.2) is 14.4 Å². The van der Waals surface area contributed by atoms with Crippen LogP contribution in [0.15, 0.2) is 72.0 Å². The second-order valence-corrected chi connectivity index (χ2v) is 10.2. The zero-order chi connectivity index (χ0) is 30.9. The summed E-state index contributed by atoms with van der Waals surface area (Å²) in [6.45, 7) is -0.348. The van der Waals surface area contributed by atoms with E-state index in [-0.39, 0.29) is 44.4 Å². The van der Waals surface area contributed by atoms with Crippen molar-refractivity contribution in [2.45, 2.75) is 18.9 Å². The number of benzodiazepines with no additional fused rings is 1. The Bertz CT molecular complexity index is 1740. The minimum Gasteiger partial charge on any atom is -0.472 e. The number of aromatic nitrogens is 2. The number of carbonyl (C=O) groups is 2. The van der Waals surface area contributed by atoms with Crippen LogP contribution in [-0.2, 0) is 17.6 Å². The number of benzene rings is 2. The fourth-order valence-electron chi connectivity index (χ4n) is 4.06. The molecule has 2 aromatic heterocycles. The molecule has 3 heterocycles. The molecular weight excluding hydrogens is 637 g/mol. The van der Waals surface area contributed by atoms with Crippen LogP contribution < -0.4 is 15.4 Å². The van der Waals surface area contributed by atoms with Crippen molar-refractivity contribution in [3.63, 3.8) is 0 Å². The largest absolute Gasteiger partial charge is 0.472 e. The fraction of sp³-hybridized carbons (Fsp3) is 0.107. The van der Waals surface area contributed by atoms with Crippen LogP contribution in [0, 0.1) is 5.82 Å². The number of pyridine rings is 2. The molecule has 0 bridgehead atoms. The molecule has 1 aliphatic rings. The number of halogens is 7. The molecule has 0 saturated carbocycles. The van der Waals surface area contributed by atoms with E-state index < -0.39 is 41.2 Å². The average molecular weight is 653 g/mol. The molecule has 5 rings (SSSR count). The molecule has 220 valence electrons. The third-order valence-electron chi connectivity index (χ3n) is 6.01. The summed E-state index contributed by atoms with van der Waals surface area (Å²) in [4.78, 5) is 38.1. The summed E-state index contributed by atoms with van der Waals surface area (Å²) >= 11 is 19.0. The maximum absolute atomic E-state index is 14.2. The Morgan fingerprint density at radius 1 is 1.00 bits per heavy atom. The lowest BCUT2D eigenvalue weighted by molar-refractivity contribution is -0.141. The van der Waals surface area contributed by atoms with E-state index in [0.29, 0.717) is 11.3 Å². The van der Waals surface area contributed by atoms with Gasteiger partial charge in [-0.1, -0.05) is 59.1 Å². The summed E-state index contributed by atoms with van der Waals surface area (Å²) < 4.78 is 58.1. The number of carbonyl (C=O) groups excluding carboxylic acids is 2. The summed E-state index contributed by atoms with van der Waals surface area (Å²) in [6, 6.07) is 12.3. The van der Waals surface area contributed by atoms with Gasteiger partial charge < -0.3 is 15.4 Å². The molecule has 0 spiro atoms. The van der Waals surface area contributed by atoms with Crippen LogP contribution in [0.25, 0.3) is 0 Å². The van der Waals surface area contributed by atoms with Crippen molar-refractivity contribution in [1.82, 2.24) is 15.3 Å². The van der Waals surface area contributed by atoms with E-state index in [1.54, 1.807) is 24.3 Å². The molecule has 0 radical (unpaired) electrons. The summed E-state index contributed by atoms with van der Waals surface area (Å²) in [5.74, 6) is -2.98. The summed E-state index contributed by atoms with van der Waals surface area (Å²) in [7, 11) is 0. The van der Waals surface area contributed by atoms with Gasteiger partial charge in [-0.3, -0.25) is 14.6 Å². The monoisotopic (exact) mass is 651 g/mol. The van der Waals surface area contributed by atoms with E-state index in [0.717, 1.165) is 30.6 Å². The van der Waals surface area contributed by atoms with Gasteiger partial charge in [0, 0.05) is 27.9 Å². The van der Waals surface area contributed by atoms with Crippen LogP contribution in [0.3, 0.4) is 0 Å². The smallest absolute Gasteiger partial charge is 0.433 e. The van der Waals surface area contributed by atoms with Crippen LogP contribution in [-0.4, -0.2) is 33.7 Å². The lowest BCUT2D eigenvalue weighted by Gasteiger charge is -2.16. The van der Waals surface area contributed by atoms with E-state index in [1.807, 2.05) is 0 Å². The third-order valence-corrected chi connectivity index (χ3v) is 6.83. The van der Waals surface area contributed by atoms with Crippen LogP contribution in [0.5, 0.6) is 5.88 Å². The number of fused-ring (bicyclic) bond motifs is 1. The first-order valence-electron chi connectivity index (χ1n) is 12.1. The van der Waals surface area contributed by atoms with Crippen LogP contribution in [0.1, 0.15) is 32.7 Å². The highest BCUT2D eigenvalue weighted by molar-refractivity contribution is 6.44. The maximum Gasteiger partial charge on any atom is 0.433 e. The van der Waals surface area contributed by atoms with Crippen molar-refractivity contribution in [2.24, 2.45) is 4.99 Å². The Labute approximate surface area is 255 Å². The number of nitrogens with one attached hydrogen (secondary N) is 2. The first kappa shape index (κ1) is 30.2. The maximum atomic E-state index is 14.2. The summed E-state index contributed by atoms with van der Waals surface area (Å²) in [6.07, 6.45) is -4.45. The molecule has 1 unspecified atom stereocenters. The van der Waals surface area contributed by atoms with Crippen molar-refractivity contribution >= 4 is 58.0 Å². The zero-order valence-corrected chi connectivity index (χ0v) is 23.6. The van der Waals surface area contributed by atoms with Gasteiger partial charge in [0.2, 0.25) is 12.0 Å². The predicted octanol–water partition coefficient (Wildman–Crippen LogP) is 6.72. The minimum absolute atomic E-state index is 0.133. The van der Waals surface area contributed by atoms with Crippen molar-refractivity contribution in [3.05, 3.63) is 116 Å². The standard InChI is InChI=1S/C28H16Cl3F4N5O3/c29-14-7-18(30)22(19(31)8-14)23-16-3-1-2-4-20(16)38-26(42)24(39-23)40-25(41)17-9-15(32)11-37-27(17)43-12-13-5-6-21(36-10-13)28(33,34)35/h1-11,24H,12H2,(H,38,42)(H,40,41). The molecule has 2 N–H and O–H groups in total. The van der Waals surface area contributed by atoms with Gasteiger partial charge in [0.1, 0.15) is 23.7 Å². The number of ether oxygens (including phenoxy) is 1. The number of para-hydroxylation sites is 1. The van der Waals surface area contributed by atoms with Gasteiger partial charge in [-0.15, -0.1) is 0 Å². The predicted molar refractivity (Wildman–Crippen MR) is 151 cm³/mol. The van der Waals surface area contributed by atoms with Gasteiger partial charge in [0.15, 0.2) is 0 Å². The molecule has 0 saturated heterocycles. The normalized spacial score (nSPS) is 14.7. The molecule has 43 heavy (non-hydrogen) atoms. The molecule has 0 fully saturated rings. The number of hydrogen-bond donors (Lipinski definition) is 2. The molecule has 0 aliphatic carbocycles. The molecule has 1 aliphatic heterocycles. The lowest BCUT2D eigenvalue weighted by atomic mass is 10.0. The molecule has 15 heteroatoms. The van der Waals surface area contributed by atoms with E-state index in [4.69, 9.17) is 39.5 Å². The van der Waals surface area contributed by atoms with Crippen LogP contribution in [0.2, 0.25) is 15.1 Å². The van der Waals surface area contributed by atoms with Crippen LogP contribution >= 0.6 is 34.8 Å². The molecule has 1 atom stereocenters.